The van der Waals surface area contributed by atoms with E-state index in [1.165, 1.54) is 50.2 Å². The van der Waals surface area contributed by atoms with Crippen LogP contribution in [0.2, 0.25) is 0 Å². The van der Waals surface area contributed by atoms with E-state index >= 15 is 0 Å². The molecule has 0 aliphatic carbocycles. The van der Waals surface area contributed by atoms with Gasteiger partial charge < -0.3 is 14.5 Å². The van der Waals surface area contributed by atoms with Crippen LogP contribution < -0.4 is 14.5 Å². The van der Waals surface area contributed by atoms with E-state index in [1.54, 1.807) is 0 Å². The third kappa shape index (κ3) is 8.77. The molecule has 0 spiro atoms. The maximum absolute atomic E-state index is 7.12. The van der Waals surface area contributed by atoms with Crippen LogP contribution >= 0.6 is 0 Å². The zero-order chi connectivity index (χ0) is 47.7. The van der Waals surface area contributed by atoms with Gasteiger partial charge in [-0.2, -0.15) is 0 Å². The summed E-state index contributed by atoms with van der Waals surface area (Å²) in [7, 11) is 0. The van der Waals surface area contributed by atoms with Crippen molar-refractivity contribution in [2.24, 2.45) is 5.41 Å². The summed E-state index contributed by atoms with van der Waals surface area (Å²) < 4.78 is 9.44. The SMILES string of the molecule is CC(C)(C)C1=CN(c2cc(Oc3ccc4c5cc(C(C)(C)C)ccc5n(-c5cc(C(C)(C)c6ccccc6)ccn5)c4c3)cc(C(C)(C)c3ccccc3)c2)CN1c1cccc(C(C)(C)C)c1. The molecule has 0 unspecified atom stereocenters. The summed E-state index contributed by atoms with van der Waals surface area (Å²) >= 11 is 0. The van der Waals surface area contributed by atoms with Crippen LogP contribution in [-0.4, -0.2) is 16.2 Å². The van der Waals surface area contributed by atoms with Gasteiger partial charge in [-0.15, -0.1) is 0 Å². The molecule has 3 heterocycles. The molecule has 67 heavy (non-hydrogen) atoms. The highest BCUT2D eigenvalue weighted by Gasteiger charge is 2.34. The van der Waals surface area contributed by atoms with E-state index < -0.39 is 0 Å². The summed E-state index contributed by atoms with van der Waals surface area (Å²) in [5.74, 6) is 2.43. The fourth-order valence-corrected chi connectivity index (χ4v) is 9.66. The van der Waals surface area contributed by atoms with Gasteiger partial charge in [0.05, 0.1) is 17.7 Å². The molecule has 5 nitrogen and oxygen atoms in total. The zero-order valence-electron chi connectivity index (χ0n) is 42.0. The van der Waals surface area contributed by atoms with Crippen LogP contribution in [0.4, 0.5) is 11.4 Å². The molecular formula is C62H68N4O. The van der Waals surface area contributed by atoms with Crippen LogP contribution in [0.1, 0.15) is 123 Å². The molecule has 9 rings (SSSR count). The number of hydrogen-bond acceptors (Lipinski definition) is 4. The molecule has 5 heteroatoms. The van der Waals surface area contributed by atoms with Crippen molar-refractivity contribution in [2.75, 3.05) is 16.5 Å². The average Bonchev–Trinajstić information content (AvgIpc) is 3.90. The minimum Gasteiger partial charge on any atom is -0.457 e. The van der Waals surface area contributed by atoms with Crippen LogP contribution in [0.5, 0.6) is 11.5 Å². The number of benzene rings is 6. The number of fused-ring (bicyclic) bond motifs is 3. The van der Waals surface area contributed by atoms with Gasteiger partial charge in [0, 0.05) is 68.6 Å². The molecule has 1 aliphatic rings. The normalized spacial score (nSPS) is 14.0. The Labute approximate surface area is 399 Å². The topological polar surface area (TPSA) is 33.5 Å². The monoisotopic (exact) mass is 885 g/mol. The summed E-state index contributed by atoms with van der Waals surface area (Å²) in [5.41, 5.74) is 12.6. The second-order valence-corrected chi connectivity index (χ2v) is 22.8. The lowest BCUT2D eigenvalue weighted by Crippen LogP contribution is -2.31. The van der Waals surface area contributed by atoms with Crippen molar-refractivity contribution < 1.29 is 4.74 Å². The second-order valence-electron chi connectivity index (χ2n) is 22.8. The standard InChI is InChI=1S/C62H68N4O/c1-58(2,3)44-25-20-26-48(33-44)65-41-64(40-56(65)60(7,8)9)49-34-47(62(12,13)43-23-18-15-19-24-43)35-51(38-49)67-50-28-29-52-53-36-45(59(4,5)6)27-30-54(53)66(55(52)39-50)57-37-46(31-32-63-57)61(10,11)42-21-16-14-17-22-42/h14-40H,41H2,1-13H3. The molecule has 8 aromatic rings. The van der Waals surface area contributed by atoms with E-state index in [-0.39, 0.29) is 27.1 Å². The van der Waals surface area contributed by atoms with Crippen LogP contribution in [-0.2, 0) is 21.7 Å². The van der Waals surface area contributed by atoms with Crippen molar-refractivity contribution in [3.63, 3.8) is 0 Å². The lowest BCUT2D eigenvalue weighted by Gasteiger charge is -2.32. The van der Waals surface area contributed by atoms with Crippen molar-refractivity contribution in [1.29, 1.82) is 0 Å². The van der Waals surface area contributed by atoms with E-state index in [9.17, 15) is 0 Å². The molecule has 0 saturated heterocycles. The van der Waals surface area contributed by atoms with Crippen LogP contribution in [0.3, 0.4) is 0 Å². The molecule has 0 fully saturated rings. The molecule has 0 atom stereocenters. The third-order valence-corrected chi connectivity index (χ3v) is 14.1. The number of hydrogen-bond donors (Lipinski definition) is 0. The number of nitrogens with zero attached hydrogens (tertiary/aromatic N) is 4. The van der Waals surface area contributed by atoms with Gasteiger partial charge in [-0.3, -0.25) is 4.57 Å². The quantitative estimate of drug-likeness (QED) is 0.145. The predicted octanol–water partition coefficient (Wildman–Crippen LogP) is 16.4. The molecule has 2 aromatic heterocycles. The van der Waals surface area contributed by atoms with E-state index in [4.69, 9.17) is 9.72 Å². The first-order valence-electron chi connectivity index (χ1n) is 24.0. The van der Waals surface area contributed by atoms with Crippen molar-refractivity contribution in [3.8, 4) is 17.3 Å². The summed E-state index contributed by atoms with van der Waals surface area (Å²) in [5, 5.41) is 2.36. The van der Waals surface area contributed by atoms with Crippen LogP contribution in [0.25, 0.3) is 27.6 Å². The molecule has 342 valence electrons. The first-order valence-corrected chi connectivity index (χ1v) is 24.0. The number of rotatable bonds is 9. The van der Waals surface area contributed by atoms with Gasteiger partial charge in [0.25, 0.3) is 0 Å². The Bertz CT molecular complexity index is 3130. The van der Waals surface area contributed by atoms with Gasteiger partial charge in [0.15, 0.2) is 0 Å². The zero-order valence-corrected chi connectivity index (χ0v) is 42.0. The lowest BCUT2D eigenvalue weighted by atomic mass is 9.78. The Balaban J connectivity index is 1.18. The lowest BCUT2D eigenvalue weighted by molar-refractivity contribution is 0.480. The summed E-state index contributed by atoms with van der Waals surface area (Å²) in [4.78, 5) is 9.95. The van der Waals surface area contributed by atoms with Crippen LogP contribution in [0, 0.1) is 5.41 Å². The minimum atomic E-state index is -0.308. The predicted molar refractivity (Wildman–Crippen MR) is 283 cm³/mol. The van der Waals surface area contributed by atoms with E-state index in [0.29, 0.717) is 6.67 Å². The maximum atomic E-state index is 7.12. The van der Waals surface area contributed by atoms with Crippen molar-refractivity contribution in [2.45, 2.75) is 112 Å². The molecule has 0 amide bonds. The van der Waals surface area contributed by atoms with Gasteiger partial charge in [-0.05, 0) is 105 Å². The van der Waals surface area contributed by atoms with E-state index in [2.05, 4.69) is 262 Å². The molecule has 0 N–H and O–H groups in total. The molecule has 1 aliphatic heterocycles. The van der Waals surface area contributed by atoms with Crippen molar-refractivity contribution >= 4 is 33.2 Å². The third-order valence-electron chi connectivity index (χ3n) is 14.1. The molecule has 0 saturated carbocycles. The van der Waals surface area contributed by atoms with Crippen LogP contribution in [0.15, 0.2) is 170 Å². The van der Waals surface area contributed by atoms with Gasteiger partial charge in [-0.1, -0.05) is 169 Å². The number of pyridine rings is 1. The van der Waals surface area contributed by atoms with E-state index in [1.807, 2.05) is 6.20 Å². The maximum Gasteiger partial charge on any atom is 0.137 e. The molecule has 6 aromatic carbocycles. The van der Waals surface area contributed by atoms with Gasteiger partial charge in [0.2, 0.25) is 0 Å². The largest absolute Gasteiger partial charge is 0.457 e. The average molecular weight is 885 g/mol. The Morgan fingerprint density at radius 1 is 0.433 bits per heavy atom. The van der Waals surface area contributed by atoms with Gasteiger partial charge in [-0.25, -0.2) is 4.98 Å². The first-order chi connectivity index (χ1) is 31.6. The highest BCUT2D eigenvalue weighted by molar-refractivity contribution is 6.09. The van der Waals surface area contributed by atoms with Gasteiger partial charge in [0.1, 0.15) is 17.3 Å². The van der Waals surface area contributed by atoms with E-state index in [0.717, 1.165) is 39.4 Å². The smallest absolute Gasteiger partial charge is 0.137 e. The Morgan fingerprint density at radius 3 is 1.69 bits per heavy atom. The molecular weight excluding hydrogens is 817 g/mol. The number of ether oxygens (including phenoxy) is 1. The Hall–Kier alpha value is -6.59. The Morgan fingerprint density at radius 2 is 1.04 bits per heavy atom. The van der Waals surface area contributed by atoms with Crippen molar-refractivity contribution in [1.82, 2.24) is 9.55 Å². The summed E-state index contributed by atoms with van der Waals surface area (Å²) in [6.45, 7) is 30.5. The number of aromatic nitrogens is 2. The molecule has 0 bridgehead atoms. The minimum absolute atomic E-state index is 0.00847. The molecule has 0 radical (unpaired) electrons. The van der Waals surface area contributed by atoms with Gasteiger partial charge >= 0.3 is 0 Å². The Kier molecular flexibility index (Phi) is 11.3. The first kappa shape index (κ1) is 45.6. The number of anilines is 2. The highest BCUT2D eigenvalue weighted by Crippen LogP contribution is 2.44. The fourth-order valence-electron chi connectivity index (χ4n) is 9.66. The fraction of sp³-hybridized carbons (Fsp3) is 0.306. The summed E-state index contributed by atoms with van der Waals surface area (Å²) in [6.07, 6.45) is 4.30. The second kappa shape index (κ2) is 16.6. The van der Waals surface area contributed by atoms with Crippen molar-refractivity contribution in [3.05, 3.63) is 203 Å². The summed E-state index contributed by atoms with van der Waals surface area (Å²) in [6, 6.07) is 55.3. The highest BCUT2D eigenvalue weighted by atomic mass is 16.5. The number of allylic oxidation sites excluding steroid dienone is 1.